The Labute approximate surface area is 111 Å². The minimum Gasteiger partial charge on any atom is -0.444 e. The van der Waals surface area contributed by atoms with Crippen LogP contribution in [0.4, 0.5) is 0 Å². The van der Waals surface area contributed by atoms with Gasteiger partial charge in [-0.2, -0.15) is 0 Å². The van der Waals surface area contributed by atoms with Crippen LogP contribution in [-0.2, 0) is 0 Å². The Bertz CT molecular complexity index is 566. The van der Waals surface area contributed by atoms with Gasteiger partial charge < -0.3 is 4.42 Å². The molecule has 2 N–H and O–H groups in total. The van der Waals surface area contributed by atoms with Crippen LogP contribution in [0.2, 0.25) is 0 Å². The molecule has 0 saturated carbocycles. The lowest BCUT2D eigenvalue weighted by molar-refractivity contribution is 0.0830. The van der Waals surface area contributed by atoms with Crippen molar-refractivity contribution in [2.24, 2.45) is 0 Å². The van der Waals surface area contributed by atoms with Crippen molar-refractivity contribution in [3.63, 3.8) is 0 Å². The van der Waals surface area contributed by atoms with Crippen LogP contribution < -0.4 is 10.9 Å². The molecule has 1 heterocycles. The zero-order chi connectivity index (χ0) is 13.0. The van der Waals surface area contributed by atoms with E-state index in [-0.39, 0.29) is 5.76 Å². The molecular weight excluding hydrogens is 300 g/mol. The number of hydrogen-bond acceptors (Lipinski definition) is 3. The number of hydrogen-bond donors (Lipinski definition) is 2. The summed E-state index contributed by atoms with van der Waals surface area (Å²) in [7, 11) is 0. The molecule has 6 heteroatoms. The molecule has 1 aromatic heterocycles. The number of rotatable bonds is 2. The number of hydrazine groups is 1. The second-order valence-electron chi connectivity index (χ2n) is 3.38. The van der Waals surface area contributed by atoms with Gasteiger partial charge in [0.15, 0.2) is 10.4 Å². The number of amides is 2. The molecule has 0 spiro atoms. The fourth-order valence-electron chi connectivity index (χ4n) is 1.27. The molecule has 1 aromatic carbocycles. The van der Waals surface area contributed by atoms with Crippen LogP contribution in [0.3, 0.4) is 0 Å². The van der Waals surface area contributed by atoms with Crippen molar-refractivity contribution >= 4 is 27.7 Å². The molecule has 2 amide bonds. The van der Waals surface area contributed by atoms with Crippen LogP contribution in [0.15, 0.2) is 51.6 Å². The largest absolute Gasteiger partial charge is 0.444 e. The summed E-state index contributed by atoms with van der Waals surface area (Å²) in [6, 6.07) is 11.6. The highest BCUT2D eigenvalue weighted by Crippen LogP contribution is 2.13. The third kappa shape index (κ3) is 2.98. The Hall–Kier alpha value is -2.08. The fraction of sp³-hybridized carbons (Fsp3) is 0. The number of halogens is 1. The van der Waals surface area contributed by atoms with Crippen molar-refractivity contribution in [3.8, 4) is 0 Å². The molecule has 5 nitrogen and oxygen atoms in total. The van der Waals surface area contributed by atoms with Gasteiger partial charge in [0.1, 0.15) is 0 Å². The number of carbonyl (C=O) groups excluding carboxylic acids is 2. The van der Waals surface area contributed by atoms with Gasteiger partial charge in [0.2, 0.25) is 0 Å². The molecule has 0 bridgehead atoms. The summed E-state index contributed by atoms with van der Waals surface area (Å²) in [4.78, 5) is 23.2. The highest BCUT2D eigenvalue weighted by Gasteiger charge is 2.11. The maximum Gasteiger partial charge on any atom is 0.305 e. The van der Waals surface area contributed by atoms with Crippen LogP contribution in [0.1, 0.15) is 20.9 Å². The van der Waals surface area contributed by atoms with E-state index >= 15 is 0 Å². The summed E-state index contributed by atoms with van der Waals surface area (Å²) >= 11 is 3.08. The maximum atomic E-state index is 11.6. The van der Waals surface area contributed by atoms with Gasteiger partial charge in [0, 0.05) is 5.56 Å². The first-order chi connectivity index (χ1) is 8.66. The van der Waals surface area contributed by atoms with E-state index in [9.17, 15) is 9.59 Å². The number of nitrogens with one attached hydrogen (secondary N) is 2. The third-order valence-corrected chi connectivity index (χ3v) is 2.55. The summed E-state index contributed by atoms with van der Waals surface area (Å²) in [5.41, 5.74) is 5.01. The highest BCUT2D eigenvalue weighted by molar-refractivity contribution is 9.10. The standard InChI is InChI=1S/C12H9BrN2O3/c13-10-7-6-9(18-10)12(17)15-14-11(16)8-4-2-1-3-5-8/h1-7H,(H,14,16)(H,15,17). The molecule has 0 aliphatic heterocycles. The lowest BCUT2D eigenvalue weighted by Gasteiger charge is -2.05. The normalized spacial score (nSPS) is 9.83. The smallest absolute Gasteiger partial charge is 0.305 e. The average Bonchev–Trinajstić information content (AvgIpc) is 2.83. The van der Waals surface area contributed by atoms with Gasteiger partial charge >= 0.3 is 5.91 Å². The van der Waals surface area contributed by atoms with E-state index in [4.69, 9.17) is 4.42 Å². The van der Waals surface area contributed by atoms with Gasteiger partial charge in [0.25, 0.3) is 5.91 Å². The van der Waals surface area contributed by atoms with E-state index in [0.29, 0.717) is 10.2 Å². The van der Waals surface area contributed by atoms with E-state index in [2.05, 4.69) is 26.8 Å². The van der Waals surface area contributed by atoms with Crippen LogP contribution in [0.25, 0.3) is 0 Å². The Kier molecular flexibility index (Phi) is 3.78. The topological polar surface area (TPSA) is 71.3 Å². The molecule has 92 valence electrons. The van der Waals surface area contributed by atoms with Crippen molar-refractivity contribution in [1.82, 2.24) is 10.9 Å². The molecule has 0 radical (unpaired) electrons. The second kappa shape index (κ2) is 5.50. The molecular formula is C12H9BrN2O3. The molecule has 2 aromatic rings. The van der Waals surface area contributed by atoms with Gasteiger partial charge in [-0.05, 0) is 40.2 Å². The van der Waals surface area contributed by atoms with E-state index in [1.807, 2.05) is 0 Å². The first kappa shape index (κ1) is 12.4. The van der Waals surface area contributed by atoms with Crippen LogP contribution >= 0.6 is 15.9 Å². The van der Waals surface area contributed by atoms with Crippen molar-refractivity contribution in [2.45, 2.75) is 0 Å². The van der Waals surface area contributed by atoms with Gasteiger partial charge in [-0.1, -0.05) is 18.2 Å². The maximum absolute atomic E-state index is 11.6. The van der Waals surface area contributed by atoms with Crippen molar-refractivity contribution in [2.75, 3.05) is 0 Å². The number of carbonyl (C=O) groups is 2. The quantitative estimate of drug-likeness (QED) is 0.835. The second-order valence-corrected chi connectivity index (χ2v) is 4.16. The summed E-state index contributed by atoms with van der Waals surface area (Å²) < 4.78 is 5.48. The average molecular weight is 309 g/mol. The third-order valence-electron chi connectivity index (χ3n) is 2.12. The zero-order valence-corrected chi connectivity index (χ0v) is 10.7. The first-order valence-corrected chi connectivity index (χ1v) is 5.87. The molecule has 18 heavy (non-hydrogen) atoms. The first-order valence-electron chi connectivity index (χ1n) is 5.08. The molecule has 0 aliphatic rings. The fourth-order valence-corrected chi connectivity index (χ4v) is 1.58. The monoisotopic (exact) mass is 308 g/mol. The number of benzene rings is 1. The van der Waals surface area contributed by atoms with Crippen LogP contribution in [0, 0.1) is 0 Å². The van der Waals surface area contributed by atoms with Crippen molar-refractivity contribution in [3.05, 3.63) is 58.5 Å². The van der Waals surface area contributed by atoms with E-state index in [0.717, 1.165) is 0 Å². The predicted molar refractivity (Wildman–Crippen MR) is 67.8 cm³/mol. The van der Waals surface area contributed by atoms with Gasteiger partial charge in [0.05, 0.1) is 0 Å². The summed E-state index contributed by atoms with van der Waals surface area (Å²) in [5, 5.41) is 0. The molecule has 2 rings (SSSR count). The summed E-state index contributed by atoms with van der Waals surface area (Å²) in [6.07, 6.45) is 0. The lowest BCUT2D eigenvalue weighted by Crippen LogP contribution is -2.41. The highest BCUT2D eigenvalue weighted by atomic mass is 79.9. The predicted octanol–water partition coefficient (Wildman–Crippen LogP) is 2.12. The minimum atomic E-state index is -0.523. The van der Waals surface area contributed by atoms with Gasteiger partial charge in [-0.3, -0.25) is 20.4 Å². The lowest BCUT2D eigenvalue weighted by atomic mass is 10.2. The van der Waals surface area contributed by atoms with Crippen molar-refractivity contribution < 1.29 is 14.0 Å². The molecule has 0 aliphatic carbocycles. The van der Waals surface area contributed by atoms with Crippen molar-refractivity contribution in [1.29, 1.82) is 0 Å². The Morgan fingerprint density at radius 1 is 0.944 bits per heavy atom. The Balaban J connectivity index is 1.92. The Morgan fingerprint density at radius 2 is 1.61 bits per heavy atom. The van der Waals surface area contributed by atoms with Crippen LogP contribution in [0.5, 0.6) is 0 Å². The number of furan rings is 1. The van der Waals surface area contributed by atoms with Crippen LogP contribution in [-0.4, -0.2) is 11.8 Å². The Morgan fingerprint density at radius 3 is 2.22 bits per heavy atom. The van der Waals surface area contributed by atoms with Gasteiger partial charge in [-0.25, -0.2) is 0 Å². The van der Waals surface area contributed by atoms with E-state index < -0.39 is 11.8 Å². The molecule has 0 fully saturated rings. The zero-order valence-electron chi connectivity index (χ0n) is 9.14. The van der Waals surface area contributed by atoms with E-state index in [1.54, 1.807) is 36.4 Å². The molecule has 0 atom stereocenters. The molecule has 0 unspecified atom stereocenters. The minimum absolute atomic E-state index is 0.107. The summed E-state index contributed by atoms with van der Waals surface area (Å²) in [5.74, 6) is -0.810. The summed E-state index contributed by atoms with van der Waals surface area (Å²) in [6.45, 7) is 0. The van der Waals surface area contributed by atoms with E-state index in [1.165, 1.54) is 6.07 Å². The SMILES string of the molecule is O=C(NNC(=O)c1ccc(Br)o1)c1ccccc1. The molecule has 0 saturated heterocycles. The van der Waals surface area contributed by atoms with Gasteiger partial charge in [-0.15, -0.1) is 0 Å².